The predicted molar refractivity (Wildman–Crippen MR) is 187 cm³/mol. The van der Waals surface area contributed by atoms with E-state index in [1.54, 1.807) is 0 Å². The van der Waals surface area contributed by atoms with E-state index in [0.29, 0.717) is 12.8 Å². The van der Waals surface area contributed by atoms with Gasteiger partial charge in [0.25, 0.3) is 0 Å². The fourth-order valence-electron chi connectivity index (χ4n) is 5.59. The van der Waals surface area contributed by atoms with E-state index in [1.807, 2.05) is 0 Å². The van der Waals surface area contributed by atoms with E-state index in [4.69, 9.17) is 0 Å². The lowest BCUT2D eigenvalue weighted by atomic mass is 9.95. The first-order valence-corrected chi connectivity index (χ1v) is 18.8. The average Bonchev–Trinajstić information content (AvgIpc) is 3.03. The first-order valence-electron chi connectivity index (χ1n) is 18.8. The molecule has 0 aliphatic rings. The fraction of sp³-hybridized carbons (Fsp3) is 0.846. The molecule has 0 amide bonds. The van der Waals surface area contributed by atoms with Crippen LogP contribution in [-0.2, 0) is 9.59 Å². The highest BCUT2D eigenvalue weighted by molar-refractivity contribution is 5.87. The van der Waals surface area contributed by atoms with Gasteiger partial charge in [-0.1, -0.05) is 141 Å². The third kappa shape index (κ3) is 27.0. The summed E-state index contributed by atoms with van der Waals surface area (Å²) in [5.41, 5.74) is 0. The Morgan fingerprint density at radius 3 is 0.955 bits per heavy atom. The summed E-state index contributed by atoms with van der Waals surface area (Å²) in [6.07, 6.45) is 34.6. The minimum Gasteiger partial charge on any atom is -0.387 e. The highest BCUT2D eigenvalue weighted by Gasteiger charge is 2.33. The fourth-order valence-corrected chi connectivity index (χ4v) is 5.59. The van der Waals surface area contributed by atoms with Gasteiger partial charge in [-0.3, -0.25) is 9.59 Å². The molecule has 5 nitrogen and oxygen atoms in total. The molecule has 0 aromatic carbocycles. The van der Waals surface area contributed by atoms with Gasteiger partial charge in [0, 0.05) is 12.8 Å². The van der Waals surface area contributed by atoms with E-state index in [1.165, 1.54) is 103 Å². The second kappa shape index (κ2) is 33.1. The van der Waals surface area contributed by atoms with Crippen molar-refractivity contribution in [3.8, 4) is 0 Å². The maximum Gasteiger partial charge on any atom is 0.164 e. The van der Waals surface area contributed by atoms with Crippen molar-refractivity contribution < 1.29 is 24.9 Å². The molecule has 0 aromatic heterocycles. The molecule has 258 valence electrons. The van der Waals surface area contributed by atoms with Crippen LogP contribution in [0.3, 0.4) is 0 Å². The number of Topliss-reactive ketones (excluding diaryl/α,β-unsaturated/α-hetero) is 2. The summed E-state index contributed by atoms with van der Waals surface area (Å²) in [5, 5.41) is 30.6. The van der Waals surface area contributed by atoms with Crippen LogP contribution in [0.15, 0.2) is 24.3 Å². The van der Waals surface area contributed by atoms with Crippen molar-refractivity contribution in [2.45, 2.75) is 212 Å². The number of aliphatic hydroxyl groups excluding tert-OH is 3. The normalized spacial score (nSPS) is 14.0. The molecule has 0 aliphatic carbocycles. The molecule has 3 N–H and O–H groups in total. The number of hydrogen-bond acceptors (Lipinski definition) is 5. The van der Waals surface area contributed by atoms with Crippen molar-refractivity contribution >= 4 is 11.6 Å². The van der Waals surface area contributed by atoms with Gasteiger partial charge in [0.15, 0.2) is 11.6 Å². The molecular weight excluding hydrogens is 548 g/mol. The second-order valence-electron chi connectivity index (χ2n) is 13.0. The Morgan fingerprint density at radius 1 is 0.409 bits per heavy atom. The zero-order chi connectivity index (χ0) is 32.5. The van der Waals surface area contributed by atoms with Crippen LogP contribution in [0.1, 0.15) is 194 Å². The van der Waals surface area contributed by atoms with Crippen molar-refractivity contribution in [1.29, 1.82) is 0 Å². The minimum absolute atomic E-state index is 0.164. The molecule has 0 rings (SSSR count). The molecule has 0 saturated heterocycles. The van der Waals surface area contributed by atoms with Crippen LogP contribution in [0.4, 0.5) is 0 Å². The Kier molecular flexibility index (Phi) is 32.1. The van der Waals surface area contributed by atoms with Crippen molar-refractivity contribution in [2.24, 2.45) is 0 Å². The van der Waals surface area contributed by atoms with Crippen molar-refractivity contribution in [2.75, 3.05) is 0 Å². The molecule has 0 spiro atoms. The van der Waals surface area contributed by atoms with E-state index in [2.05, 4.69) is 38.2 Å². The number of carbonyl (C=O) groups is 2. The number of carbonyl (C=O) groups excluding carboxylic acids is 2. The Hall–Kier alpha value is -1.30. The van der Waals surface area contributed by atoms with Gasteiger partial charge in [-0.25, -0.2) is 0 Å². The van der Waals surface area contributed by atoms with Crippen molar-refractivity contribution in [3.05, 3.63) is 24.3 Å². The van der Waals surface area contributed by atoms with Crippen molar-refractivity contribution in [1.82, 2.24) is 0 Å². The maximum atomic E-state index is 12.3. The van der Waals surface area contributed by atoms with Crippen LogP contribution in [0, 0.1) is 0 Å². The molecular formula is C39H72O5. The van der Waals surface area contributed by atoms with Crippen LogP contribution in [0.2, 0.25) is 0 Å². The van der Waals surface area contributed by atoms with Gasteiger partial charge in [0.1, 0.15) is 18.3 Å². The largest absolute Gasteiger partial charge is 0.387 e. The molecule has 0 aromatic rings. The van der Waals surface area contributed by atoms with Crippen molar-refractivity contribution in [3.63, 3.8) is 0 Å². The molecule has 2 unspecified atom stereocenters. The van der Waals surface area contributed by atoms with Gasteiger partial charge < -0.3 is 15.3 Å². The molecule has 0 heterocycles. The minimum atomic E-state index is -1.74. The highest BCUT2D eigenvalue weighted by atomic mass is 16.4. The number of aliphatic hydroxyl groups is 3. The van der Waals surface area contributed by atoms with Crippen LogP contribution in [0.5, 0.6) is 0 Å². The lowest BCUT2D eigenvalue weighted by molar-refractivity contribution is -0.146. The molecule has 0 fully saturated rings. The number of ketones is 2. The molecule has 0 radical (unpaired) electrons. The SMILES string of the molecule is CCCCCC/C=C/CCCCCCCCCC(=O)C(O)C(O)C(O)C(=O)CCCCCCCCC/C=C/CCCCCC. The predicted octanol–water partition coefficient (Wildman–Crippen LogP) is 10.3. The summed E-state index contributed by atoms with van der Waals surface area (Å²) in [7, 11) is 0. The van der Waals surface area contributed by atoms with E-state index >= 15 is 0 Å². The van der Waals surface area contributed by atoms with Gasteiger partial charge in [0.05, 0.1) is 0 Å². The highest BCUT2D eigenvalue weighted by Crippen LogP contribution is 2.15. The number of rotatable bonds is 34. The van der Waals surface area contributed by atoms with Gasteiger partial charge >= 0.3 is 0 Å². The van der Waals surface area contributed by atoms with Crippen LogP contribution >= 0.6 is 0 Å². The molecule has 5 heteroatoms. The zero-order valence-corrected chi connectivity index (χ0v) is 29.0. The van der Waals surface area contributed by atoms with E-state index in [-0.39, 0.29) is 12.8 Å². The first-order chi connectivity index (χ1) is 21.5. The van der Waals surface area contributed by atoms with E-state index in [0.717, 1.165) is 51.4 Å². The average molecular weight is 621 g/mol. The lowest BCUT2D eigenvalue weighted by Crippen LogP contribution is -2.45. The molecule has 0 aliphatic heterocycles. The number of hydrogen-bond donors (Lipinski definition) is 3. The molecule has 0 saturated carbocycles. The Bertz CT molecular complexity index is 643. The van der Waals surface area contributed by atoms with Gasteiger partial charge in [-0.05, 0) is 64.2 Å². The summed E-state index contributed by atoms with van der Waals surface area (Å²) >= 11 is 0. The van der Waals surface area contributed by atoms with E-state index in [9.17, 15) is 24.9 Å². The van der Waals surface area contributed by atoms with Crippen LogP contribution < -0.4 is 0 Å². The summed E-state index contributed by atoms with van der Waals surface area (Å²) in [6, 6.07) is 0. The quantitative estimate of drug-likeness (QED) is 0.0491. The summed E-state index contributed by atoms with van der Waals surface area (Å²) in [4.78, 5) is 24.6. The Labute approximate surface area is 272 Å². The summed E-state index contributed by atoms with van der Waals surface area (Å²) in [6.45, 7) is 4.48. The van der Waals surface area contributed by atoms with E-state index < -0.39 is 29.9 Å². The number of allylic oxidation sites excluding steroid dienone is 4. The third-order valence-corrected chi connectivity index (χ3v) is 8.68. The topological polar surface area (TPSA) is 94.8 Å². The zero-order valence-electron chi connectivity index (χ0n) is 29.0. The van der Waals surface area contributed by atoms with Gasteiger partial charge in [-0.15, -0.1) is 0 Å². The Balaban J connectivity index is 3.72. The molecule has 2 atom stereocenters. The van der Waals surface area contributed by atoms with Gasteiger partial charge in [-0.2, -0.15) is 0 Å². The third-order valence-electron chi connectivity index (χ3n) is 8.68. The maximum absolute atomic E-state index is 12.3. The standard InChI is InChI=1S/C39H72O5/c1-3-5-7-9-11-13-15-17-19-21-23-25-27-29-31-33-35(40)37(42)39(44)38(43)36(41)34-32-30-28-26-24-22-20-18-16-14-12-10-8-6-4-2/h13-16,37-39,42-44H,3-12,17-34H2,1-2H3/b15-13+,16-14+. The lowest BCUT2D eigenvalue weighted by Gasteiger charge is -2.21. The smallest absolute Gasteiger partial charge is 0.164 e. The van der Waals surface area contributed by atoms with Crippen LogP contribution in [0.25, 0.3) is 0 Å². The monoisotopic (exact) mass is 621 g/mol. The molecule has 44 heavy (non-hydrogen) atoms. The van der Waals surface area contributed by atoms with Crippen LogP contribution in [-0.4, -0.2) is 45.2 Å². The van der Waals surface area contributed by atoms with Gasteiger partial charge in [0.2, 0.25) is 0 Å². The Morgan fingerprint density at radius 2 is 0.659 bits per heavy atom. The summed E-state index contributed by atoms with van der Waals surface area (Å²) < 4.78 is 0. The first kappa shape index (κ1) is 42.7. The number of unbranched alkanes of at least 4 members (excludes halogenated alkanes) is 22. The summed E-state index contributed by atoms with van der Waals surface area (Å²) in [5.74, 6) is -0.985. The molecule has 0 bridgehead atoms. The second-order valence-corrected chi connectivity index (χ2v) is 13.0.